The summed E-state index contributed by atoms with van der Waals surface area (Å²) in [6.07, 6.45) is 5.50. The minimum atomic E-state index is 0.266. The van der Waals surface area contributed by atoms with Gasteiger partial charge in [0, 0.05) is 25.0 Å². The van der Waals surface area contributed by atoms with Crippen LogP contribution in [-0.4, -0.2) is 22.6 Å². The van der Waals surface area contributed by atoms with Crippen molar-refractivity contribution >= 4 is 21.9 Å². The number of hydrogen-bond acceptors (Lipinski definition) is 4. The molecule has 5 heteroatoms. The van der Waals surface area contributed by atoms with E-state index in [4.69, 9.17) is 5.73 Å². The Kier molecular flexibility index (Phi) is 4.82. The van der Waals surface area contributed by atoms with E-state index in [9.17, 15) is 0 Å². The van der Waals surface area contributed by atoms with Gasteiger partial charge in [0.1, 0.15) is 0 Å². The maximum absolute atomic E-state index is 5.63. The van der Waals surface area contributed by atoms with Gasteiger partial charge in [0.2, 0.25) is 5.95 Å². The lowest BCUT2D eigenvalue weighted by Gasteiger charge is -2.06. The van der Waals surface area contributed by atoms with Crippen LogP contribution in [0.2, 0.25) is 0 Å². The minimum Gasteiger partial charge on any atom is -0.354 e. The van der Waals surface area contributed by atoms with Gasteiger partial charge in [-0.1, -0.05) is 0 Å². The molecule has 1 atom stereocenters. The average Bonchev–Trinajstić information content (AvgIpc) is 2.15. The highest BCUT2D eigenvalue weighted by Gasteiger charge is 1.96. The van der Waals surface area contributed by atoms with Crippen LogP contribution in [0.3, 0.4) is 0 Å². The van der Waals surface area contributed by atoms with E-state index in [0.717, 1.165) is 23.9 Å². The molecule has 0 bridgehead atoms. The first-order valence-corrected chi connectivity index (χ1v) is 5.45. The van der Waals surface area contributed by atoms with Crippen molar-refractivity contribution in [3.05, 3.63) is 16.9 Å². The molecule has 0 fully saturated rings. The third-order valence-electron chi connectivity index (χ3n) is 1.74. The number of nitrogens with zero attached hydrogens (tertiary/aromatic N) is 2. The molecule has 1 heterocycles. The predicted octanol–water partition coefficient (Wildman–Crippen LogP) is 1.78. The molecule has 0 aliphatic carbocycles. The van der Waals surface area contributed by atoms with Crippen LogP contribution in [0.15, 0.2) is 16.9 Å². The normalized spacial score (nSPS) is 12.5. The van der Waals surface area contributed by atoms with Gasteiger partial charge in [-0.2, -0.15) is 0 Å². The zero-order chi connectivity index (χ0) is 10.4. The van der Waals surface area contributed by atoms with Crippen molar-refractivity contribution in [2.45, 2.75) is 25.8 Å². The smallest absolute Gasteiger partial charge is 0.222 e. The maximum Gasteiger partial charge on any atom is 0.222 e. The van der Waals surface area contributed by atoms with Crippen LogP contribution in [0.5, 0.6) is 0 Å². The lowest BCUT2D eigenvalue weighted by Crippen LogP contribution is -2.16. The molecule has 0 saturated carbocycles. The van der Waals surface area contributed by atoms with Gasteiger partial charge in [-0.05, 0) is 35.7 Å². The van der Waals surface area contributed by atoms with Gasteiger partial charge in [0.25, 0.3) is 0 Å². The van der Waals surface area contributed by atoms with Crippen LogP contribution >= 0.6 is 15.9 Å². The third-order valence-corrected chi connectivity index (χ3v) is 2.15. The Morgan fingerprint density at radius 2 is 2.14 bits per heavy atom. The fraction of sp³-hybridized carbons (Fsp3) is 0.556. The zero-order valence-electron chi connectivity index (χ0n) is 8.20. The summed E-state index contributed by atoms with van der Waals surface area (Å²) in [6, 6.07) is 0.266. The number of halogens is 1. The Labute approximate surface area is 92.5 Å². The number of anilines is 1. The monoisotopic (exact) mass is 258 g/mol. The van der Waals surface area contributed by atoms with Gasteiger partial charge >= 0.3 is 0 Å². The van der Waals surface area contributed by atoms with Gasteiger partial charge in [-0.3, -0.25) is 0 Å². The van der Waals surface area contributed by atoms with Crippen molar-refractivity contribution in [3.8, 4) is 0 Å². The molecule has 1 rings (SSSR count). The number of hydrogen-bond donors (Lipinski definition) is 2. The second-order valence-electron chi connectivity index (χ2n) is 3.27. The summed E-state index contributed by atoms with van der Waals surface area (Å²) >= 11 is 3.28. The summed E-state index contributed by atoms with van der Waals surface area (Å²) in [4.78, 5) is 8.19. The van der Waals surface area contributed by atoms with E-state index in [1.165, 1.54) is 0 Å². The van der Waals surface area contributed by atoms with Crippen molar-refractivity contribution in [2.24, 2.45) is 5.73 Å². The maximum atomic E-state index is 5.63. The molecule has 1 aromatic rings. The van der Waals surface area contributed by atoms with E-state index in [2.05, 4.69) is 31.2 Å². The zero-order valence-corrected chi connectivity index (χ0v) is 9.79. The first-order chi connectivity index (χ1) is 6.68. The quantitative estimate of drug-likeness (QED) is 0.791. The van der Waals surface area contributed by atoms with Gasteiger partial charge in [-0.25, -0.2) is 9.97 Å². The summed E-state index contributed by atoms with van der Waals surface area (Å²) in [7, 11) is 0. The fourth-order valence-corrected chi connectivity index (χ4v) is 1.23. The van der Waals surface area contributed by atoms with E-state index >= 15 is 0 Å². The third kappa shape index (κ3) is 4.53. The second-order valence-corrected chi connectivity index (χ2v) is 4.19. The largest absolute Gasteiger partial charge is 0.354 e. The second kappa shape index (κ2) is 5.93. The number of rotatable bonds is 5. The molecule has 1 aromatic heterocycles. The number of nitrogens with two attached hydrogens (primary N) is 1. The molecule has 78 valence electrons. The minimum absolute atomic E-state index is 0.266. The van der Waals surface area contributed by atoms with Crippen molar-refractivity contribution in [1.29, 1.82) is 0 Å². The summed E-state index contributed by atoms with van der Waals surface area (Å²) < 4.78 is 0.888. The molecule has 0 radical (unpaired) electrons. The highest BCUT2D eigenvalue weighted by Crippen LogP contribution is 2.06. The van der Waals surface area contributed by atoms with Gasteiger partial charge in [0.15, 0.2) is 0 Å². The molecule has 0 saturated heterocycles. The van der Waals surface area contributed by atoms with E-state index in [0.29, 0.717) is 5.95 Å². The number of nitrogens with one attached hydrogen (secondary N) is 1. The first-order valence-electron chi connectivity index (χ1n) is 4.65. The Balaban J connectivity index is 2.21. The van der Waals surface area contributed by atoms with Crippen LogP contribution in [0, 0.1) is 0 Å². The van der Waals surface area contributed by atoms with E-state index in [1.807, 2.05) is 6.92 Å². The molecule has 1 unspecified atom stereocenters. The molecular formula is C9H15BrN4. The molecule has 0 aromatic carbocycles. The summed E-state index contributed by atoms with van der Waals surface area (Å²) in [6.45, 7) is 2.87. The van der Waals surface area contributed by atoms with Gasteiger partial charge < -0.3 is 11.1 Å². The Morgan fingerprint density at radius 3 is 2.71 bits per heavy atom. The molecule has 4 nitrogen and oxygen atoms in total. The summed E-state index contributed by atoms with van der Waals surface area (Å²) in [5, 5.41) is 3.13. The summed E-state index contributed by atoms with van der Waals surface area (Å²) in [5.74, 6) is 0.665. The predicted molar refractivity (Wildman–Crippen MR) is 61.1 cm³/mol. The van der Waals surface area contributed by atoms with Crippen LogP contribution in [0.4, 0.5) is 5.95 Å². The van der Waals surface area contributed by atoms with Crippen molar-refractivity contribution in [1.82, 2.24) is 9.97 Å². The van der Waals surface area contributed by atoms with E-state index in [-0.39, 0.29) is 6.04 Å². The molecule has 0 spiro atoms. The SMILES string of the molecule is CC(N)CCCNc1ncc(Br)cn1. The van der Waals surface area contributed by atoms with Gasteiger partial charge in [0.05, 0.1) is 4.47 Å². The molecular weight excluding hydrogens is 244 g/mol. The lowest BCUT2D eigenvalue weighted by atomic mass is 10.2. The van der Waals surface area contributed by atoms with Crippen LogP contribution in [0.25, 0.3) is 0 Å². The average molecular weight is 259 g/mol. The molecule has 3 N–H and O–H groups in total. The lowest BCUT2D eigenvalue weighted by molar-refractivity contribution is 0.638. The number of aromatic nitrogens is 2. The highest BCUT2D eigenvalue weighted by molar-refractivity contribution is 9.10. The molecule has 0 amide bonds. The molecule has 0 aliphatic heterocycles. The van der Waals surface area contributed by atoms with Crippen LogP contribution < -0.4 is 11.1 Å². The molecule has 0 aliphatic rings. The van der Waals surface area contributed by atoms with Crippen molar-refractivity contribution < 1.29 is 0 Å². The van der Waals surface area contributed by atoms with Crippen molar-refractivity contribution in [2.75, 3.05) is 11.9 Å². The topological polar surface area (TPSA) is 63.8 Å². The first kappa shape index (κ1) is 11.4. The van der Waals surface area contributed by atoms with Crippen LogP contribution in [-0.2, 0) is 0 Å². The Bertz CT molecular complexity index is 260. The molecule has 14 heavy (non-hydrogen) atoms. The summed E-state index contributed by atoms with van der Waals surface area (Å²) in [5.41, 5.74) is 5.63. The van der Waals surface area contributed by atoms with E-state index < -0.39 is 0 Å². The van der Waals surface area contributed by atoms with Crippen LogP contribution in [0.1, 0.15) is 19.8 Å². The highest BCUT2D eigenvalue weighted by atomic mass is 79.9. The van der Waals surface area contributed by atoms with E-state index in [1.54, 1.807) is 12.4 Å². The Hall–Kier alpha value is -0.680. The van der Waals surface area contributed by atoms with Gasteiger partial charge in [-0.15, -0.1) is 0 Å². The fourth-order valence-electron chi connectivity index (χ4n) is 1.03. The van der Waals surface area contributed by atoms with Crippen molar-refractivity contribution in [3.63, 3.8) is 0 Å². The Morgan fingerprint density at radius 1 is 1.50 bits per heavy atom. The standard InChI is InChI=1S/C9H15BrN4/c1-7(11)3-2-4-12-9-13-5-8(10)6-14-9/h5-7H,2-4,11H2,1H3,(H,12,13,14).